The number of rotatable bonds is 7. The third-order valence-corrected chi connectivity index (χ3v) is 7.63. The van der Waals surface area contributed by atoms with Gasteiger partial charge in [-0.05, 0) is 53.8 Å². The fourth-order valence-corrected chi connectivity index (χ4v) is 5.48. The van der Waals surface area contributed by atoms with Gasteiger partial charge in [0.25, 0.3) is 5.91 Å². The van der Waals surface area contributed by atoms with Crippen molar-refractivity contribution in [3.63, 3.8) is 0 Å². The number of piperidine rings is 1. The molecule has 1 aromatic heterocycles. The first-order valence-corrected chi connectivity index (χ1v) is 12.2. The number of carbonyl (C=O) groups excluding carboxylic acids is 1. The molecule has 170 valence electrons. The molecule has 1 atom stereocenters. The van der Waals surface area contributed by atoms with Crippen LogP contribution >= 0.6 is 11.6 Å². The van der Waals surface area contributed by atoms with Crippen LogP contribution in [0.2, 0.25) is 5.02 Å². The van der Waals surface area contributed by atoms with Crippen LogP contribution in [0.25, 0.3) is 11.0 Å². The van der Waals surface area contributed by atoms with Gasteiger partial charge in [0, 0.05) is 24.7 Å². The molecule has 1 N–H and O–H groups in total. The van der Waals surface area contributed by atoms with Gasteiger partial charge < -0.3 is 10.2 Å². The molecule has 32 heavy (non-hydrogen) atoms. The molecule has 1 unspecified atom stereocenters. The number of hydrogen-bond acceptors (Lipinski definition) is 6. The van der Waals surface area contributed by atoms with E-state index in [0.717, 1.165) is 23.3 Å². The normalized spacial score (nSPS) is 17.4. The second-order valence-electron chi connectivity index (χ2n) is 7.86. The first-order valence-electron chi connectivity index (χ1n) is 10.3. The van der Waals surface area contributed by atoms with E-state index < -0.39 is 10.0 Å². The van der Waals surface area contributed by atoms with Crippen LogP contribution in [0.1, 0.15) is 25.3 Å². The fraction of sp³-hybridized carbons (Fsp3) is 0.381. The molecule has 3 aromatic rings. The molecule has 2 heterocycles. The molecule has 1 amide bonds. The molecule has 11 heteroatoms. The summed E-state index contributed by atoms with van der Waals surface area (Å²) in [7, 11) is -3.64. The monoisotopic (exact) mass is 477 g/mol. The average molecular weight is 478 g/mol. The Morgan fingerprint density at radius 3 is 2.88 bits per heavy atom. The SMILES string of the molecule is CC1CCCN(S(=O)(=O)c2ccc3nnn(OCC(=O)NCc4ccccc4Cl)c3c2)C1. The summed E-state index contributed by atoms with van der Waals surface area (Å²) < 4.78 is 27.7. The van der Waals surface area contributed by atoms with E-state index in [1.165, 1.54) is 16.4 Å². The minimum Gasteiger partial charge on any atom is -0.385 e. The highest BCUT2D eigenvalue weighted by Crippen LogP contribution is 2.25. The van der Waals surface area contributed by atoms with Gasteiger partial charge in [-0.3, -0.25) is 4.79 Å². The predicted molar refractivity (Wildman–Crippen MR) is 119 cm³/mol. The van der Waals surface area contributed by atoms with Gasteiger partial charge in [-0.15, -0.1) is 5.10 Å². The summed E-state index contributed by atoms with van der Waals surface area (Å²) in [5.74, 6) is -0.0540. The van der Waals surface area contributed by atoms with E-state index in [1.807, 2.05) is 18.2 Å². The highest BCUT2D eigenvalue weighted by molar-refractivity contribution is 7.89. The van der Waals surface area contributed by atoms with Gasteiger partial charge in [0.15, 0.2) is 6.61 Å². The molecule has 4 rings (SSSR count). The number of amides is 1. The van der Waals surface area contributed by atoms with Crippen molar-refractivity contribution in [1.82, 2.24) is 24.8 Å². The molecule has 0 spiro atoms. The molecule has 1 aliphatic rings. The lowest BCUT2D eigenvalue weighted by molar-refractivity contribution is -0.126. The van der Waals surface area contributed by atoms with Crippen molar-refractivity contribution >= 4 is 38.6 Å². The Bertz CT molecular complexity index is 1230. The van der Waals surface area contributed by atoms with Crippen LogP contribution in [-0.2, 0) is 21.4 Å². The lowest BCUT2D eigenvalue weighted by atomic mass is 10.0. The maximum atomic E-state index is 13.1. The average Bonchev–Trinajstić information content (AvgIpc) is 3.19. The minimum atomic E-state index is -3.64. The Morgan fingerprint density at radius 1 is 1.28 bits per heavy atom. The summed E-state index contributed by atoms with van der Waals surface area (Å²) in [6.45, 7) is 3.00. The van der Waals surface area contributed by atoms with Crippen LogP contribution in [0.5, 0.6) is 0 Å². The molecule has 1 saturated heterocycles. The number of hydrogen-bond donors (Lipinski definition) is 1. The Labute approximate surface area is 191 Å². The Hall–Kier alpha value is -2.69. The number of fused-ring (bicyclic) bond motifs is 1. The molecule has 2 aromatic carbocycles. The van der Waals surface area contributed by atoms with Crippen molar-refractivity contribution in [3.8, 4) is 0 Å². The second kappa shape index (κ2) is 9.43. The van der Waals surface area contributed by atoms with Crippen molar-refractivity contribution in [2.75, 3.05) is 19.7 Å². The zero-order chi connectivity index (χ0) is 22.7. The first-order chi connectivity index (χ1) is 15.3. The van der Waals surface area contributed by atoms with Gasteiger partial charge in [0.05, 0.1) is 4.90 Å². The topological polar surface area (TPSA) is 106 Å². The van der Waals surface area contributed by atoms with Crippen LogP contribution in [0.3, 0.4) is 0 Å². The predicted octanol–water partition coefficient (Wildman–Crippen LogP) is 2.25. The summed E-state index contributed by atoms with van der Waals surface area (Å²) in [6, 6.07) is 11.8. The molecule has 0 bridgehead atoms. The minimum absolute atomic E-state index is 0.148. The summed E-state index contributed by atoms with van der Waals surface area (Å²) in [4.78, 5) is 18.9. The summed E-state index contributed by atoms with van der Waals surface area (Å²) in [5.41, 5.74) is 1.62. The zero-order valence-corrected chi connectivity index (χ0v) is 19.1. The first kappa shape index (κ1) is 22.5. The van der Waals surface area contributed by atoms with Crippen LogP contribution in [0, 0.1) is 5.92 Å². The van der Waals surface area contributed by atoms with Gasteiger partial charge in [0.1, 0.15) is 11.0 Å². The Balaban J connectivity index is 1.44. The number of nitrogens with one attached hydrogen (secondary N) is 1. The van der Waals surface area contributed by atoms with Crippen molar-refractivity contribution in [3.05, 3.63) is 53.1 Å². The highest BCUT2D eigenvalue weighted by atomic mass is 35.5. The number of aromatic nitrogens is 3. The van der Waals surface area contributed by atoms with Crippen LogP contribution in [0.4, 0.5) is 0 Å². The van der Waals surface area contributed by atoms with Crippen molar-refractivity contribution in [2.45, 2.75) is 31.2 Å². The maximum absolute atomic E-state index is 13.1. The highest BCUT2D eigenvalue weighted by Gasteiger charge is 2.29. The van der Waals surface area contributed by atoms with Crippen molar-refractivity contribution in [2.24, 2.45) is 5.92 Å². The largest absolute Gasteiger partial charge is 0.385 e. The van der Waals surface area contributed by atoms with E-state index in [-0.39, 0.29) is 24.0 Å². The van der Waals surface area contributed by atoms with E-state index >= 15 is 0 Å². The lowest BCUT2D eigenvalue weighted by Gasteiger charge is -2.30. The standard InChI is InChI=1S/C21H24ClN5O4S/c1-15-5-4-10-26(13-15)32(29,30)17-8-9-19-20(11-17)27(25-24-19)31-14-21(28)23-12-16-6-2-3-7-18(16)22/h2-3,6-9,11,15H,4-5,10,12-14H2,1H3,(H,23,28). The third-order valence-electron chi connectivity index (χ3n) is 5.40. The molecular weight excluding hydrogens is 454 g/mol. The number of carbonyl (C=O) groups is 1. The molecule has 0 aliphatic carbocycles. The number of sulfonamides is 1. The van der Waals surface area contributed by atoms with E-state index in [9.17, 15) is 13.2 Å². The fourth-order valence-electron chi connectivity index (χ4n) is 3.65. The Kier molecular flexibility index (Phi) is 6.63. The van der Waals surface area contributed by atoms with Gasteiger partial charge in [-0.2, -0.15) is 4.31 Å². The number of nitrogens with zero attached hydrogens (tertiary/aromatic N) is 4. The maximum Gasteiger partial charge on any atom is 0.261 e. The molecule has 1 fully saturated rings. The second-order valence-corrected chi connectivity index (χ2v) is 10.2. The lowest BCUT2D eigenvalue weighted by Crippen LogP contribution is -2.39. The smallest absolute Gasteiger partial charge is 0.261 e. The van der Waals surface area contributed by atoms with Crippen LogP contribution in [0.15, 0.2) is 47.4 Å². The van der Waals surface area contributed by atoms with Gasteiger partial charge >= 0.3 is 0 Å². The van der Waals surface area contributed by atoms with E-state index in [0.29, 0.717) is 35.1 Å². The van der Waals surface area contributed by atoms with Crippen molar-refractivity contribution < 1.29 is 18.0 Å². The van der Waals surface area contributed by atoms with Crippen LogP contribution < -0.4 is 10.2 Å². The van der Waals surface area contributed by atoms with Crippen molar-refractivity contribution in [1.29, 1.82) is 0 Å². The van der Waals surface area contributed by atoms with Gasteiger partial charge in [0.2, 0.25) is 10.0 Å². The molecule has 0 saturated carbocycles. The summed E-state index contributed by atoms with van der Waals surface area (Å²) in [6.07, 6.45) is 1.86. The zero-order valence-electron chi connectivity index (χ0n) is 17.6. The van der Waals surface area contributed by atoms with Gasteiger partial charge in [-0.25, -0.2) is 8.42 Å². The number of benzene rings is 2. The van der Waals surface area contributed by atoms with E-state index in [4.69, 9.17) is 16.4 Å². The Morgan fingerprint density at radius 2 is 2.09 bits per heavy atom. The molecule has 1 aliphatic heterocycles. The summed E-state index contributed by atoms with van der Waals surface area (Å²) in [5, 5.41) is 11.1. The quantitative estimate of drug-likeness (QED) is 0.559. The number of halogens is 1. The van der Waals surface area contributed by atoms with E-state index in [2.05, 4.69) is 22.6 Å². The molecular formula is C21H24ClN5O4S. The van der Waals surface area contributed by atoms with E-state index in [1.54, 1.807) is 12.1 Å². The van der Waals surface area contributed by atoms with Gasteiger partial charge in [-0.1, -0.05) is 41.6 Å². The molecule has 0 radical (unpaired) electrons. The third kappa shape index (κ3) is 4.87. The summed E-state index contributed by atoms with van der Waals surface area (Å²) >= 11 is 6.09. The molecule has 9 nitrogen and oxygen atoms in total. The van der Waals surface area contributed by atoms with Crippen LogP contribution in [-0.4, -0.2) is 53.5 Å².